The number of anilines is 1. The maximum atomic E-state index is 13.4. The van der Waals surface area contributed by atoms with E-state index in [4.69, 9.17) is 4.52 Å². The summed E-state index contributed by atoms with van der Waals surface area (Å²) >= 11 is 0. The van der Waals surface area contributed by atoms with E-state index in [9.17, 15) is 18.7 Å². The molecule has 2 aromatic rings. The van der Waals surface area contributed by atoms with Gasteiger partial charge in [0, 0.05) is 25.2 Å². The van der Waals surface area contributed by atoms with Gasteiger partial charge in [-0.25, -0.2) is 8.78 Å². The van der Waals surface area contributed by atoms with Crippen LogP contribution >= 0.6 is 0 Å². The lowest BCUT2D eigenvalue weighted by Gasteiger charge is -2.30. The van der Waals surface area contributed by atoms with Crippen LogP contribution in [0.1, 0.15) is 52.4 Å². The van der Waals surface area contributed by atoms with E-state index in [1.54, 1.807) is 13.8 Å². The third kappa shape index (κ3) is 7.14. The molecule has 4 N–H and O–H groups in total. The predicted molar refractivity (Wildman–Crippen MR) is 115 cm³/mol. The molecule has 3 rings (SSSR count). The van der Waals surface area contributed by atoms with Gasteiger partial charge in [0.1, 0.15) is 0 Å². The molecule has 0 radical (unpaired) electrons. The van der Waals surface area contributed by atoms with Gasteiger partial charge in [0.15, 0.2) is 23.0 Å². The van der Waals surface area contributed by atoms with Gasteiger partial charge in [0.25, 0.3) is 0 Å². The number of benzene rings is 1. The molecule has 1 saturated carbocycles. The monoisotopic (exact) mass is 438 g/mol. The lowest BCUT2D eigenvalue weighted by molar-refractivity contribution is -0.125. The van der Waals surface area contributed by atoms with Crippen LogP contribution < -0.4 is 16.0 Å². The fourth-order valence-corrected chi connectivity index (χ4v) is 4.03. The number of carbonyl (C=O) groups excluding carboxylic acids is 1. The van der Waals surface area contributed by atoms with Gasteiger partial charge in [0.05, 0.1) is 17.4 Å². The molecule has 0 spiro atoms. The number of hydrogen-bond acceptors (Lipinski definition) is 6. The van der Waals surface area contributed by atoms with Crippen molar-refractivity contribution in [1.82, 2.24) is 15.8 Å². The number of halogens is 2. The maximum Gasteiger partial charge on any atom is 0.223 e. The van der Waals surface area contributed by atoms with Crippen LogP contribution in [-0.2, 0) is 4.79 Å². The number of nitrogens with one attached hydrogen (secondary N) is 3. The van der Waals surface area contributed by atoms with Gasteiger partial charge in [-0.3, -0.25) is 4.79 Å². The minimum absolute atomic E-state index is 0.0853. The first-order chi connectivity index (χ1) is 14.7. The second-order valence-corrected chi connectivity index (χ2v) is 9.03. The molecule has 1 fully saturated rings. The number of nitrogens with zero attached hydrogens (tertiary/aromatic N) is 1. The zero-order valence-electron chi connectivity index (χ0n) is 18.1. The van der Waals surface area contributed by atoms with Crippen LogP contribution in [-0.4, -0.2) is 47.4 Å². The molecule has 0 saturated heterocycles. The second-order valence-electron chi connectivity index (χ2n) is 9.03. The van der Waals surface area contributed by atoms with E-state index in [2.05, 4.69) is 21.1 Å². The van der Waals surface area contributed by atoms with E-state index in [-0.39, 0.29) is 24.0 Å². The summed E-state index contributed by atoms with van der Waals surface area (Å²) in [6.07, 6.45) is 5.31. The highest BCUT2D eigenvalue weighted by atomic mass is 19.2. The van der Waals surface area contributed by atoms with Gasteiger partial charge in [-0.05, 0) is 64.5 Å². The molecule has 9 heteroatoms. The van der Waals surface area contributed by atoms with Crippen LogP contribution in [0.4, 0.5) is 14.6 Å². The average molecular weight is 439 g/mol. The summed E-state index contributed by atoms with van der Waals surface area (Å²) in [6, 6.07) is 2.29. The lowest BCUT2D eigenvalue weighted by Crippen LogP contribution is -2.40. The highest BCUT2D eigenvalue weighted by Gasteiger charge is 2.24. The molecule has 1 aromatic carbocycles. The SMILES string of the molecule is CC(C)(O)CC(=O)NC1CCC(CCNCCNc2noc3cc(F)c(F)cc23)CC1. The van der Waals surface area contributed by atoms with Crippen molar-refractivity contribution in [3.05, 3.63) is 23.8 Å². The Balaban J connectivity index is 1.28. The molecule has 1 amide bonds. The summed E-state index contributed by atoms with van der Waals surface area (Å²) in [4.78, 5) is 11.9. The third-order valence-corrected chi connectivity index (χ3v) is 5.64. The van der Waals surface area contributed by atoms with Gasteiger partial charge in [-0.15, -0.1) is 0 Å². The Morgan fingerprint density at radius 1 is 1.16 bits per heavy atom. The third-order valence-electron chi connectivity index (χ3n) is 5.64. The van der Waals surface area contributed by atoms with E-state index < -0.39 is 17.2 Å². The average Bonchev–Trinajstić information content (AvgIpc) is 3.06. The summed E-state index contributed by atoms with van der Waals surface area (Å²) in [7, 11) is 0. The van der Waals surface area contributed by atoms with Crippen molar-refractivity contribution in [1.29, 1.82) is 0 Å². The summed E-state index contributed by atoms with van der Waals surface area (Å²) in [5.74, 6) is -0.926. The first-order valence-electron chi connectivity index (χ1n) is 10.9. The highest BCUT2D eigenvalue weighted by molar-refractivity contribution is 5.88. The van der Waals surface area contributed by atoms with Crippen LogP contribution in [0, 0.1) is 17.6 Å². The molecular formula is C22H32F2N4O3. The highest BCUT2D eigenvalue weighted by Crippen LogP contribution is 2.27. The maximum absolute atomic E-state index is 13.4. The molecule has 172 valence electrons. The molecular weight excluding hydrogens is 406 g/mol. The fraction of sp³-hybridized carbons (Fsp3) is 0.636. The van der Waals surface area contributed by atoms with Crippen LogP contribution in [0.5, 0.6) is 0 Å². The molecule has 1 heterocycles. The largest absolute Gasteiger partial charge is 0.390 e. The van der Waals surface area contributed by atoms with Gasteiger partial charge in [-0.2, -0.15) is 0 Å². The minimum atomic E-state index is -0.976. The molecule has 1 aromatic heterocycles. The zero-order valence-corrected chi connectivity index (χ0v) is 18.1. The number of amides is 1. The van der Waals surface area contributed by atoms with Crippen molar-refractivity contribution in [3.63, 3.8) is 0 Å². The summed E-state index contributed by atoms with van der Waals surface area (Å²) in [6.45, 7) is 5.46. The van der Waals surface area contributed by atoms with Crippen molar-refractivity contribution in [2.24, 2.45) is 5.92 Å². The van der Waals surface area contributed by atoms with E-state index in [1.165, 1.54) is 0 Å². The Labute approximate surface area is 180 Å². The summed E-state index contributed by atoms with van der Waals surface area (Å²) < 4.78 is 31.6. The van der Waals surface area contributed by atoms with Crippen molar-refractivity contribution in [2.45, 2.75) is 64.0 Å². The Kier molecular flexibility index (Phi) is 7.83. The molecule has 0 bridgehead atoms. The van der Waals surface area contributed by atoms with Gasteiger partial charge in [-0.1, -0.05) is 5.16 Å². The first kappa shape index (κ1) is 23.4. The van der Waals surface area contributed by atoms with Crippen molar-refractivity contribution >= 4 is 22.7 Å². The normalized spacial score (nSPS) is 19.5. The molecule has 0 atom stereocenters. The van der Waals surface area contributed by atoms with E-state index in [0.29, 0.717) is 30.2 Å². The smallest absolute Gasteiger partial charge is 0.223 e. The molecule has 1 aliphatic rings. The summed E-state index contributed by atoms with van der Waals surface area (Å²) in [5.41, 5.74) is -0.766. The van der Waals surface area contributed by atoms with Crippen LogP contribution in [0.25, 0.3) is 11.0 Å². The van der Waals surface area contributed by atoms with Crippen molar-refractivity contribution < 1.29 is 23.2 Å². The number of fused-ring (bicyclic) bond motifs is 1. The predicted octanol–water partition coefficient (Wildman–Crippen LogP) is 3.33. The van der Waals surface area contributed by atoms with Crippen molar-refractivity contribution in [3.8, 4) is 0 Å². The quantitative estimate of drug-likeness (QED) is 0.425. The number of aromatic nitrogens is 1. The molecule has 7 nitrogen and oxygen atoms in total. The summed E-state index contributed by atoms with van der Waals surface area (Å²) in [5, 5.41) is 23.5. The van der Waals surface area contributed by atoms with Gasteiger partial charge < -0.3 is 25.6 Å². The second kappa shape index (κ2) is 10.4. The van der Waals surface area contributed by atoms with Crippen LogP contribution in [0.2, 0.25) is 0 Å². The lowest BCUT2D eigenvalue weighted by atomic mass is 9.84. The standard InChI is InChI=1S/C22H32F2N4O3/c1-22(2,30)13-20(29)27-15-5-3-14(4-6-15)7-8-25-9-10-26-21-16-11-17(23)18(24)12-19(16)31-28-21/h11-12,14-15,25,30H,3-10,13H2,1-2H3,(H,26,28)(H,27,29). The first-order valence-corrected chi connectivity index (χ1v) is 10.9. The number of rotatable bonds is 10. The van der Waals surface area contributed by atoms with Gasteiger partial charge in [0.2, 0.25) is 5.91 Å². The number of carbonyl (C=O) groups is 1. The molecule has 1 aliphatic carbocycles. The Hall–Kier alpha value is -2.26. The van der Waals surface area contributed by atoms with Crippen LogP contribution in [0.15, 0.2) is 16.7 Å². The van der Waals surface area contributed by atoms with E-state index >= 15 is 0 Å². The van der Waals surface area contributed by atoms with Crippen LogP contribution in [0.3, 0.4) is 0 Å². The van der Waals surface area contributed by atoms with Crippen molar-refractivity contribution in [2.75, 3.05) is 25.0 Å². The Morgan fingerprint density at radius 2 is 1.87 bits per heavy atom. The van der Waals surface area contributed by atoms with E-state index in [1.807, 2.05) is 0 Å². The van der Waals surface area contributed by atoms with E-state index in [0.717, 1.165) is 50.8 Å². The van der Waals surface area contributed by atoms with Gasteiger partial charge >= 0.3 is 0 Å². The molecule has 0 unspecified atom stereocenters. The molecule has 31 heavy (non-hydrogen) atoms. The zero-order chi connectivity index (χ0) is 22.4. The number of hydrogen-bond donors (Lipinski definition) is 4. The Morgan fingerprint density at radius 3 is 2.58 bits per heavy atom. The topological polar surface area (TPSA) is 99.4 Å². The number of aliphatic hydroxyl groups is 1. The minimum Gasteiger partial charge on any atom is -0.390 e. The molecule has 0 aliphatic heterocycles. The Bertz CT molecular complexity index is 873. The fourth-order valence-electron chi connectivity index (χ4n) is 4.03.